The third-order valence-corrected chi connectivity index (χ3v) is 4.09. The lowest BCUT2D eigenvalue weighted by Crippen LogP contribution is -2.28. The molecule has 0 aliphatic heterocycles. The van der Waals surface area contributed by atoms with E-state index in [1.165, 1.54) is 12.8 Å². The van der Waals surface area contributed by atoms with Gasteiger partial charge in [-0.05, 0) is 38.0 Å². The van der Waals surface area contributed by atoms with Crippen LogP contribution in [-0.4, -0.2) is 29.9 Å². The van der Waals surface area contributed by atoms with Gasteiger partial charge in [-0.15, -0.1) is 0 Å². The Bertz CT molecular complexity index is 135. The maximum absolute atomic E-state index is 9.45. The molecule has 0 aromatic carbocycles. The summed E-state index contributed by atoms with van der Waals surface area (Å²) in [4.78, 5) is 0. The van der Waals surface area contributed by atoms with Crippen LogP contribution in [0.2, 0.25) is 0 Å². The van der Waals surface area contributed by atoms with Crippen molar-refractivity contribution in [1.29, 1.82) is 0 Å². The Kier molecular flexibility index (Phi) is 6.28. The first-order valence-electron chi connectivity index (χ1n) is 4.87. The van der Waals surface area contributed by atoms with Crippen molar-refractivity contribution in [3.8, 4) is 0 Å². The van der Waals surface area contributed by atoms with Gasteiger partial charge in [0, 0.05) is 0 Å². The van der Waals surface area contributed by atoms with Crippen molar-refractivity contribution in [3.05, 3.63) is 0 Å². The highest BCUT2D eigenvalue weighted by Gasteiger charge is 2.19. The summed E-state index contributed by atoms with van der Waals surface area (Å²) in [5.41, 5.74) is 0. The Hall–Kier alpha value is 0.620. The molecule has 0 aromatic heterocycles. The van der Waals surface area contributed by atoms with Crippen molar-refractivity contribution < 1.29 is 5.11 Å². The zero-order valence-corrected chi connectivity index (χ0v) is 9.79. The molecule has 2 atom stereocenters. The van der Waals surface area contributed by atoms with Gasteiger partial charge in [0.2, 0.25) is 0 Å². The minimum Gasteiger partial charge on any atom is -0.393 e. The molecule has 0 heterocycles. The van der Waals surface area contributed by atoms with Crippen molar-refractivity contribution >= 4 is 21.6 Å². The van der Waals surface area contributed by atoms with E-state index in [1.54, 1.807) is 10.8 Å². The van der Waals surface area contributed by atoms with Crippen molar-refractivity contribution in [3.63, 3.8) is 0 Å². The zero-order valence-electron chi connectivity index (χ0n) is 8.16. The van der Waals surface area contributed by atoms with Crippen LogP contribution in [0.1, 0.15) is 25.7 Å². The van der Waals surface area contributed by atoms with Crippen LogP contribution in [0.5, 0.6) is 0 Å². The number of hydrogen-bond acceptors (Lipinski definition) is 4. The van der Waals surface area contributed by atoms with Gasteiger partial charge in [0.1, 0.15) is 0 Å². The van der Waals surface area contributed by atoms with Gasteiger partial charge in [-0.3, -0.25) is 0 Å². The molecular formula is C9H19NOS2. The topological polar surface area (TPSA) is 32.3 Å². The van der Waals surface area contributed by atoms with E-state index in [0.29, 0.717) is 5.92 Å². The van der Waals surface area contributed by atoms with E-state index in [1.807, 2.05) is 10.8 Å². The molecular weight excluding hydrogens is 202 g/mol. The van der Waals surface area contributed by atoms with E-state index in [-0.39, 0.29) is 6.10 Å². The Balaban J connectivity index is 2.00. The summed E-state index contributed by atoms with van der Waals surface area (Å²) in [5.74, 6) is 1.72. The highest BCUT2D eigenvalue weighted by atomic mass is 33.1. The van der Waals surface area contributed by atoms with Crippen LogP contribution in [0, 0.1) is 5.92 Å². The third kappa shape index (κ3) is 5.15. The number of rotatable bonds is 5. The van der Waals surface area contributed by atoms with E-state index in [2.05, 4.69) is 11.6 Å². The molecule has 1 aliphatic rings. The first kappa shape index (κ1) is 11.7. The fraction of sp³-hybridized carbons (Fsp3) is 1.00. The van der Waals surface area contributed by atoms with E-state index < -0.39 is 0 Å². The second-order valence-electron chi connectivity index (χ2n) is 3.57. The molecule has 0 bridgehead atoms. The highest BCUT2D eigenvalue weighted by molar-refractivity contribution is 8.76. The molecule has 1 saturated carbocycles. The molecule has 0 amide bonds. The molecule has 1 aliphatic carbocycles. The number of aliphatic hydroxyl groups is 1. The molecule has 0 saturated heterocycles. The lowest BCUT2D eigenvalue weighted by Gasteiger charge is -2.25. The Labute approximate surface area is 88.6 Å². The lowest BCUT2D eigenvalue weighted by atomic mass is 9.87. The van der Waals surface area contributed by atoms with Crippen LogP contribution < -0.4 is 5.32 Å². The second kappa shape index (κ2) is 6.98. The highest BCUT2D eigenvalue weighted by Crippen LogP contribution is 2.23. The molecule has 2 nitrogen and oxygen atoms in total. The quantitative estimate of drug-likeness (QED) is 0.423. The minimum atomic E-state index is -0.0336. The normalized spacial score (nSPS) is 29.1. The lowest BCUT2D eigenvalue weighted by molar-refractivity contribution is 0.101. The van der Waals surface area contributed by atoms with Crippen LogP contribution in [0.25, 0.3) is 0 Å². The molecule has 13 heavy (non-hydrogen) atoms. The predicted molar refractivity (Wildman–Crippen MR) is 61.9 cm³/mol. The molecule has 1 rings (SSSR count). The fourth-order valence-electron chi connectivity index (χ4n) is 1.81. The average Bonchev–Trinajstić information content (AvgIpc) is 2.13. The monoisotopic (exact) mass is 221 g/mol. The van der Waals surface area contributed by atoms with E-state index in [9.17, 15) is 5.11 Å². The summed E-state index contributed by atoms with van der Waals surface area (Å²) in [6, 6.07) is 0. The molecule has 0 spiro atoms. The summed E-state index contributed by atoms with van der Waals surface area (Å²) < 4.78 is 0. The second-order valence-corrected chi connectivity index (χ2v) is 6.13. The molecule has 78 valence electrons. The summed E-state index contributed by atoms with van der Waals surface area (Å²) in [7, 11) is 3.63. The van der Waals surface area contributed by atoms with Gasteiger partial charge >= 0.3 is 0 Å². The first-order chi connectivity index (χ1) is 6.33. The van der Waals surface area contributed by atoms with Crippen LogP contribution in [0.15, 0.2) is 0 Å². The molecule has 0 aromatic rings. The summed E-state index contributed by atoms with van der Waals surface area (Å²) in [6.45, 7) is 1.07. The van der Waals surface area contributed by atoms with Gasteiger partial charge < -0.3 is 10.4 Å². The summed E-state index contributed by atoms with van der Waals surface area (Å²) in [6.07, 6.45) is 6.55. The maximum Gasteiger partial charge on any atom is 0.0543 e. The molecule has 1 fully saturated rings. The Morgan fingerprint density at radius 3 is 3.00 bits per heavy atom. The molecule has 2 unspecified atom stereocenters. The summed E-state index contributed by atoms with van der Waals surface area (Å²) >= 11 is 0. The van der Waals surface area contributed by atoms with Gasteiger partial charge in [0.15, 0.2) is 0 Å². The van der Waals surface area contributed by atoms with E-state index in [4.69, 9.17) is 0 Å². The van der Waals surface area contributed by atoms with Gasteiger partial charge in [0.05, 0.1) is 12.0 Å². The van der Waals surface area contributed by atoms with Crippen molar-refractivity contribution in [2.75, 3.05) is 18.7 Å². The Morgan fingerprint density at radius 1 is 1.46 bits per heavy atom. The fourth-order valence-corrected chi connectivity index (χ4v) is 2.73. The third-order valence-electron chi connectivity index (χ3n) is 2.47. The summed E-state index contributed by atoms with van der Waals surface area (Å²) in [5, 5.41) is 12.9. The van der Waals surface area contributed by atoms with Gasteiger partial charge in [-0.2, -0.15) is 0 Å². The predicted octanol–water partition coefficient (Wildman–Crippen LogP) is 2.10. The van der Waals surface area contributed by atoms with Crippen LogP contribution in [0.4, 0.5) is 0 Å². The van der Waals surface area contributed by atoms with Crippen molar-refractivity contribution in [2.24, 2.45) is 5.92 Å². The van der Waals surface area contributed by atoms with Crippen LogP contribution in [-0.2, 0) is 0 Å². The van der Waals surface area contributed by atoms with Crippen LogP contribution in [0.3, 0.4) is 0 Å². The van der Waals surface area contributed by atoms with E-state index in [0.717, 1.165) is 25.3 Å². The zero-order chi connectivity index (χ0) is 9.52. The number of hydrogen-bond donors (Lipinski definition) is 2. The Morgan fingerprint density at radius 2 is 2.31 bits per heavy atom. The SMILES string of the molecule is CSSCNCC1CCCC(O)C1. The number of nitrogens with one attached hydrogen (secondary N) is 1. The molecule has 4 heteroatoms. The standard InChI is InChI=1S/C9H19NOS2/c1-12-13-7-10-6-8-3-2-4-9(11)5-8/h8-11H,2-7H2,1H3. The minimum absolute atomic E-state index is 0.0336. The van der Waals surface area contributed by atoms with Gasteiger partial charge in [0.25, 0.3) is 0 Å². The molecule has 0 radical (unpaired) electrons. The maximum atomic E-state index is 9.45. The number of aliphatic hydroxyl groups excluding tert-OH is 1. The van der Waals surface area contributed by atoms with Crippen molar-refractivity contribution in [1.82, 2.24) is 5.32 Å². The van der Waals surface area contributed by atoms with Gasteiger partial charge in [-0.1, -0.05) is 28.0 Å². The molecule has 2 N–H and O–H groups in total. The van der Waals surface area contributed by atoms with Crippen molar-refractivity contribution in [2.45, 2.75) is 31.8 Å². The van der Waals surface area contributed by atoms with E-state index >= 15 is 0 Å². The van der Waals surface area contributed by atoms with Crippen LogP contribution >= 0.6 is 21.6 Å². The first-order valence-corrected chi connectivity index (χ1v) is 7.60. The van der Waals surface area contributed by atoms with Gasteiger partial charge in [-0.25, -0.2) is 0 Å². The average molecular weight is 221 g/mol. The largest absolute Gasteiger partial charge is 0.393 e. The smallest absolute Gasteiger partial charge is 0.0543 e.